The molecular weight excluding hydrogens is 356 g/mol. The number of fused-ring (bicyclic) bond motifs is 1. The minimum atomic E-state index is -0.656. The molecule has 2 aromatic heterocycles. The van der Waals surface area contributed by atoms with Crippen LogP contribution < -0.4 is 11.3 Å². The minimum Gasteiger partial charge on any atom is -0.373 e. The lowest BCUT2D eigenvalue weighted by Gasteiger charge is -2.35. The normalized spacial score (nSPS) is 20.5. The van der Waals surface area contributed by atoms with E-state index in [1.807, 2.05) is 18.2 Å². The number of hydrogen-bond donors (Lipinski definition) is 3. The second kappa shape index (κ2) is 7.26. The molecule has 4 N–H and O–H groups in total. The summed E-state index contributed by atoms with van der Waals surface area (Å²) in [7, 11) is 0. The first-order chi connectivity index (χ1) is 13.4. The Hall–Kier alpha value is -2.90. The first kappa shape index (κ1) is 18.5. The van der Waals surface area contributed by atoms with Crippen LogP contribution in [0.25, 0.3) is 22.2 Å². The van der Waals surface area contributed by atoms with Crippen LogP contribution in [-0.2, 0) is 11.3 Å². The summed E-state index contributed by atoms with van der Waals surface area (Å²) in [5.74, 6) is -0.656. The number of amides is 1. The number of carbonyl (C=O) groups excluding carboxylic acids is 1. The van der Waals surface area contributed by atoms with Gasteiger partial charge in [-0.1, -0.05) is 12.1 Å². The number of hydrogen-bond acceptors (Lipinski definition) is 4. The zero-order valence-electron chi connectivity index (χ0n) is 16.0. The molecule has 0 aliphatic carbocycles. The van der Waals surface area contributed by atoms with Gasteiger partial charge in [0.15, 0.2) is 0 Å². The highest BCUT2D eigenvalue weighted by molar-refractivity contribution is 5.92. The Morgan fingerprint density at radius 1 is 1.18 bits per heavy atom. The van der Waals surface area contributed by atoms with Gasteiger partial charge >= 0.3 is 0 Å². The van der Waals surface area contributed by atoms with Crippen LogP contribution >= 0.6 is 0 Å². The molecule has 0 spiro atoms. The Kier molecular flexibility index (Phi) is 4.78. The van der Waals surface area contributed by atoms with Crippen molar-refractivity contribution in [3.63, 3.8) is 0 Å². The highest BCUT2D eigenvalue weighted by atomic mass is 16.5. The number of nitrogens with zero attached hydrogens (tertiary/aromatic N) is 1. The van der Waals surface area contributed by atoms with Gasteiger partial charge in [0.05, 0.1) is 23.5 Å². The van der Waals surface area contributed by atoms with Gasteiger partial charge < -0.3 is 20.4 Å². The topological polar surface area (TPSA) is 104 Å². The number of carbonyl (C=O) groups is 1. The lowest BCUT2D eigenvalue weighted by atomic mass is 10.1. The highest BCUT2D eigenvalue weighted by Gasteiger charge is 2.22. The largest absolute Gasteiger partial charge is 0.373 e. The van der Waals surface area contributed by atoms with Gasteiger partial charge in [-0.25, -0.2) is 0 Å². The summed E-state index contributed by atoms with van der Waals surface area (Å²) in [4.78, 5) is 31.9. The third kappa shape index (κ3) is 3.58. The summed E-state index contributed by atoms with van der Waals surface area (Å²) in [5, 5.41) is 1.09. The Bertz CT molecular complexity index is 1070. The summed E-state index contributed by atoms with van der Waals surface area (Å²) in [6.07, 6.45) is 0.430. The molecule has 0 bridgehead atoms. The predicted octanol–water partition coefficient (Wildman–Crippen LogP) is 2.23. The average molecular weight is 380 g/mol. The van der Waals surface area contributed by atoms with Gasteiger partial charge in [0, 0.05) is 30.5 Å². The summed E-state index contributed by atoms with van der Waals surface area (Å²) in [6, 6.07) is 11.3. The summed E-state index contributed by atoms with van der Waals surface area (Å²) in [5.41, 5.74) is 8.34. The van der Waals surface area contributed by atoms with Crippen molar-refractivity contribution in [2.24, 2.45) is 5.73 Å². The van der Waals surface area contributed by atoms with Crippen LogP contribution in [0.4, 0.5) is 0 Å². The fraction of sp³-hybridized carbons (Fsp3) is 0.333. The molecule has 0 radical (unpaired) electrons. The SMILES string of the molecule is C[C@@H]1CN(Cc2cccc3[nH]c(-c4ccc(C(N)=O)[nH]c4=O)cc23)C[C@H](C)O1. The maximum absolute atomic E-state index is 12.4. The van der Waals surface area contributed by atoms with Crippen molar-refractivity contribution < 1.29 is 9.53 Å². The predicted molar refractivity (Wildman–Crippen MR) is 108 cm³/mol. The molecule has 28 heavy (non-hydrogen) atoms. The van der Waals surface area contributed by atoms with E-state index < -0.39 is 5.91 Å². The number of rotatable bonds is 4. The zero-order valence-corrected chi connectivity index (χ0v) is 16.0. The van der Waals surface area contributed by atoms with Crippen molar-refractivity contribution in [3.8, 4) is 11.3 Å². The van der Waals surface area contributed by atoms with E-state index in [1.54, 1.807) is 6.07 Å². The first-order valence-corrected chi connectivity index (χ1v) is 9.42. The van der Waals surface area contributed by atoms with Crippen LogP contribution in [0.1, 0.15) is 29.9 Å². The Morgan fingerprint density at radius 3 is 2.61 bits per heavy atom. The number of morpholine rings is 1. The van der Waals surface area contributed by atoms with Crippen molar-refractivity contribution in [1.82, 2.24) is 14.9 Å². The van der Waals surface area contributed by atoms with E-state index in [-0.39, 0.29) is 23.5 Å². The fourth-order valence-electron chi connectivity index (χ4n) is 3.98. The van der Waals surface area contributed by atoms with Crippen LogP contribution in [0, 0.1) is 0 Å². The van der Waals surface area contributed by atoms with E-state index in [0.717, 1.165) is 30.5 Å². The van der Waals surface area contributed by atoms with E-state index in [2.05, 4.69) is 34.8 Å². The molecular formula is C21H24N4O3. The van der Waals surface area contributed by atoms with Crippen LogP contribution in [0.5, 0.6) is 0 Å². The monoisotopic (exact) mass is 380 g/mol. The van der Waals surface area contributed by atoms with Crippen LogP contribution in [0.2, 0.25) is 0 Å². The Balaban J connectivity index is 1.68. The highest BCUT2D eigenvalue weighted by Crippen LogP contribution is 2.26. The molecule has 4 rings (SSSR count). The molecule has 1 amide bonds. The van der Waals surface area contributed by atoms with Gasteiger partial charge in [0.1, 0.15) is 5.69 Å². The summed E-state index contributed by atoms with van der Waals surface area (Å²) < 4.78 is 5.82. The van der Waals surface area contributed by atoms with Gasteiger partial charge in [0.25, 0.3) is 11.5 Å². The molecule has 7 nitrogen and oxygen atoms in total. The second-order valence-electron chi connectivity index (χ2n) is 7.49. The lowest BCUT2D eigenvalue weighted by Crippen LogP contribution is -2.44. The molecule has 1 aliphatic rings. The number of nitrogens with two attached hydrogens (primary N) is 1. The maximum Gasteiger partial charge on any atom is 0.265 e. The zero-order chi connectivity index (χ0) is 19.8. The van der Waals surface area contributed by atoms with Gasteiger partial charge in [-0.2, -0.15) is 0 Å². The third-order valence-corrected chi connectivity index (χ3v) is 5.11. The van der Waals surface area contributed by atoms with Crippen molar-refractivity contribution in [3.05, 3.63) is 58.0 Å². The number of primary amides is 1. The summed E-state index contributed by atoms with van der Waals surface area (Å²) in [6.45, 7) is 6.81. The van der Waals surface area contributed by atoms with E-state index in [0.29, 0.717) is 11.3 Å². The molecule has 146 valence electrons. The number of ether oxygens (including phenoxy) is 1. The van der Waals surface area contributed by atoms with Crippen LogP contribution in [0.15, 0.2) is 41.2 Å². The van der Waals surface area contributed by atoms with Crippen molar-refractivity contribution in [1.29, 1.82) is 0 Å². The van der Waals surface area contributed by atoms with E-state index in [1.165, 1.54) is 11.6 Å². The lowest BCUT2D eigenvalue weighted by molar-refractivity contribution is -0.0703. The van der Waals surface area contributed by atoms with Gasteiger partial charge in [-0.3, -0.25) is 14.5 Å². The van der Waals surface area contributed by atoms with Crippen molar-refractivity contribution in [2.45, 2.75) is 32.6 Å². The number of pyridine rings is 1. The number of H-pyrrole nitrogens is 2. The molecule has 1 aliphatic heterocycles. The molecule has 3 heterocycles. The number of aromatic nitrogens is 2. The Labute approximate surface area is 162 Å². The minimum absolute atomic E-state index is 0.0982. The van der Waals surface area contributed by atoms with Crippen LogP contribution in [-0.4, -0.2) is 46.1 Å². The summed E-state index contributed by atoms with van der Waals surface area (Å²) >= 11 is 0. The molecule has 0 unspecified atom stereocenters. The van der Waals surface area contributed by atoms with E-state index in [9.17, 15) is 9.59 Å². The van der Waals surface area contributed by atoms with Gasteiger partial charge in [-0.05, 0) is 43.7 Å². The fourth-order valence-corrected chi connectivity index (χ4v) is 3.98. The molecule has 0 saturated carbocycles. The van der Waals surface area contributed by atoms with Crippen molar-refractivity contribution in [2.75, 3.05) is 13.1 Å². The number of nitrogens with one attached hydrogen (secondary N) is 2. The second-order valence-corrected chi connectivity index (χ2v) is 7.49. The van der Waals surface area contributed by atoms with Gasteiger partial charge in [-0.15, -0.1) is 0 Å². The molecule has 3 aromatic rings. The average Bonchev–Trinajstić information content (AvgIpc) is 3.05. The number of aromatic amines is 2. The molecule has 7 heteroatoms. The van der Waals surface area contributed by atoms with Crippen LogP contribution in [0.3, 0.4) is 0 Å². The molecule has 1 saturated heterocycles. The smallest absolute Gasteiger partial charge is 0.265 e. The molecule has 1 fully saturated rings. The van der Waals surface area contributed by atoms with E-state index >= 15 is 0 Å². The first-order valence-electron chi connectivity index (χ1n) is 9.42. The van der Waals surface area contributed by atoms with Gasteiger partial charge in [0.2, 0.25) is 0 Å². The van der Waals surface area contributed by atoms with E-state index in [4.69, 9.17) is 10.5 Å². The molecule has 1 aromatic carbocycles. The Morgan fingerprint density at radius 2 is 1.93 bits per heavy atom. The quantitative estimate of drug-likeness (QED) is 0.645. The molecule has 2 atom stereocenters. The number of benzene rings is 1. The van der Waals surface area contributed by atoms with Crippen molar-refractivity contribution >= 4 is 16.8 Å². The maximum atomic E-state index is 12.4. The standard InChI is InChI=1S/C21H24N4O3/c1-12-9-25(10-13(2)28-12)11-14-4-3-5-17-16(14)8-19(23-17)15-6-7-18(20(22)26)24-21(15)27/h3-8,12-13,23H,9-11H2,1-2H3,(H2,22,26)(H,24,27)/t12-,13+. The third-order valence-electron chi connectivity index (χ3n) is 5.11.